The van der Waals surface area contributed by atoms with Crippen LogP contribution in [0.4, 0.5) is 19.4 Å². The lowest BCUT2D eigenvalue weighted by Gasteiger charge is -2.42. The summed E-state index contributed by atoms with van der Waals surface area (Å²) in [5, 5.41) is 11.2. The van der Waals surface area contributed by atoms with Gasteiger partial charge in [0.1, 0.15) is 34.7 Å². The minimum absolute atomic E-state index is 0.00279. The summed E-state index contributed by atoms with van der Waals surface area (Å²) in [5.41, 5.74) is -0.478. The molecule has 2 aromatic heterocycles. The first-order valence-electron chi connectivity index (χ1n) is 15.5. The first-order chi connectivity index (χ1) is 22.9. The van der Waals surface area contributed by atoms with Gasteiger partial charge in [0, 0.05) is 36.5 Å². The van der Waals surface area contributed by atoms with Crippen molar-refractivity contribution in [3.63, 3.8) is 0 Å². The normalized spacial score (nSPS) is 17.4. The van der Waals surface area contributed by atoms with E-state index in [2.05, 4.69) is 17.0 Å². The molecule has 2 aliphatic rings. The zero-order valence-corrected chi connectivity index (χ0v) is 27.6. The number of amides is 1. The first kappa shape index (κ1) is 32.7. The maximum atomic E-state index is 17.2. The Morgan fingerprint density at radius 3 is 2.38 bits per heavy atom. The fourth-order valence-electron chi connectivity index (χ4n) is 6.77. The van der Waals surface area contributed by atoms with Crippen molar-refractivity contribution < 1.29 is 32.5 Å². The van der Waals surface area contributed by atoms with Crippen LogP contribution in [-0.4, -0.2) is 72.7 Å². The first-order valence-corrected chi connectivity index (χ1v) is 15.5. The second-order valence-corrected chi connectivity index (χ2v) is 12.9. The van der Waals surface area contributed by atoms with E-state index >= 15 is 8.78 Å². The zero-order chi connectivity index (χ0) is 34.5. The number of carbonyl (C=O) groups excluding carboxylic acids is 1. The number of halogens is 2. The van der Waals surface area contributed by atoms with Crippen LogP contribution < -0.4 is 14.4 Å². The number of hydrogen-bond donors (Lipinski definition) is 0. The van der Waals surface area contributed by atoms with Crippen LogP contribution in [0.5, 0.6) is 11.6 Å². The summed E-state index contributed by atoms with van der Waals surface area (Å²) >= 11 is 0. The van der Waals surface area contributed by atoms with E-state index < -0.39 is 17.2 Å². The van der Waals surface area contributed by atoms with Crippen molar-refractivity contribution in [3.05, 3.63) is 52.7 Å². The fraction of sp³-hybridized carbons (Fsp3) is 0.389. The Morgan fingerprint density at radius 1 is 1.06 bits per heavy atom. The average Bonchev–Trinajstić information content (AvgIpc) is 3.32. The Kier molecular flexibility index (Phi) is 8.48. The van der Waals surface area contributed by atoms with Gasteiger partial charge in [0.15, 0.2) is 12.6 Å². The van der Waals surface area contributed by atoms with E-state index in [1.807, 2.05) is 25.7 Å². The van der Waals surface area contributed by atoms with Gasteiger partial charge in [-0.3, -0.25) is 4.90 Å². The number of nitrogens with zero attached hydrogens (tertiary/aromatic N) is 5. The lowest BCUT2D eigenvalue weighted by atomic mass is 9.94. The van der Waals surface area contributed by atoms with Gasteiger partial charge in [-0.25, -0.2) is 23.5 Å². The van der Waals surface area contributed by atoms with Crippen molar-refractivity contribution in [1.82, 2.24) is 14.9 Å². The summed E-state index contributed by atoms with van der Waals surface area (Å²) in [5.74, 6) is 1.60. The minimum Gasteiger partial charge on any atom is -0.480 e. The topological polar surface area (TPSA) is 110 Å². The van der Waals surface area contributed by atoms with Crippen molar-refractivity contribution in [3.8, 4) is 41.3 Å². The number of pyridine rings is 2. The molecule has 1 amide bonds. The number of methoxy groups -OCH3 is 2. The molecule has 2 atom stereocenters. The molecule has 2 bridgehead atoms. The maximum absolute atomic E-state index is 17.2. The lowest BCUT2D eigenvalue weighted by molar-refractivity contribution is 0.0123. The molecule has 0 radical (unpaired) electrons. The Bertz CT molecular complexity index is 2030. The van der Waals surface area contributed by atoms with E-state index in [1.165, 1.54) is 32.4 Å². The van der Waals surface area contributed by atoms with Crippen LogP contribution in [0.3, 0.4) is 0 Å². The summed E-state index contributed by atoms with van der Waals surface area (Å²) in [6.45, 7) is 7.84. The SMILES string of the molecule is C#Cc1c(F)ccc2cc(OCOC)cc(-c3nc(OC)c4c(N5CC6CCC(C5)N6C(=O)OC(C)(C)C)nc(C)c(C#N)c4c3F)c12. The minimum atomic E-state index is -0.832. The molecule has 48 heavy (non-hydrogen) atoms. The number of ether oxygens (including phenoxy) is 4. The van der Waals surface area contributed by atoms with Crippen molar-refractivity contribution in [2.24, 2.45) is 0 Å². The molecular weight excluding hydrogens is 620 g/mol. The van der Waals surface area contributed by atoms with Crippen LogP contribution in [0.25, 0.3) is 32.8 Å². The second-order valence-electron chi connectivity index (χ2n) is 12.9. The van der Waals surface area contributed by atoms with E-state index in [4.69, 9.17) is 30.4 Å². The fourth-order valence-corrected chi connectivity index (χ4v) is 6.77. The number of benzene rings is 2. The molecule has 2 fully saturated rings. The molecular formula is C36H35F2N5O5. The van der Waals surface area contributed by atoms with Crippen LogP contribution in [0.1, 0.15) is 50.4 Å². The number of anilines is 1. The van der Waals surface area contributed by atoms with Crippen LogP contribution in [0.15, 0.2) is 24.3 Å². The number of hydrogen-bond acceptors (Lipinski definition) is 9. The molecule has 248 valence electrons. The number of aryl methyl sites for hydroxylation is 1. The van der Waals surface area contributed by atoms with E-state index in [0.717, 1.165) is 12.8 Å². The highest BCUT2D eigenvalue weighted by molar-refractivity contribution is 6.06. The van der Waals surface area contributed by atoms with Gasteiger partial charge >= 0.3 is 6.09 Å². The highest BCUT2D eigenvalue weighted by Crippen LogP contribution is 2.44. The Hall–Kier alpha value is -5.20. The lowest BCUT2D eigenvalue weighted by Crippen LogP contribution is -2.57. The highest BCUT2D eigenvalue weighted by Gasteiger charge is 2.45. The zero-order valence-electron chi connectivity index (χ0n) is 27.6. The molecule has 4 aromatic rings. The highest BCUT2D eigenvalue weighted by atomic mass is 19.1. The summed E-state index contributed by atoms with van der Waals surface area (Å²) in [6.07, 6.45) is 6.92. The van der Waals surface area contributed by atoms with Gasteiger partial charge in [0.25, 0.3) is 0 Å². The predicted octanol–water partition coefficient (Wildman–Crippen LogP) is 6.47. The van der Waals surface area contributed by atoms with E-state index in [-0.39, 0.29) is 69.4 Å². The summed E-state index contributed by atoms with van der Waals surface area (Å²) < 4.78 is 54.5. The number of rotatable bonds is 6. The average molecular weight is 656 g/mol. The summed E-state index contributed by atoms with van der Waals surface area (Å²) in [7, 11) is 2.86. The number of fused-ring (bicyclic) bond motifs is 4. The summed E-state index contributed by atoms with van der Waals surface area (Å²) in [4.78, 5) is 26.3. The second kappa shape index (κ2) is 12.4. The van der Waals surface area contributed by atoms with Gasteiger partial charge in [0.2, 0.25) is 5.88 Å². The van der Waals surface area contributed by atoms with Crippen LogP contribution >= 0.6 is 0 Å². The van der Waals surface area contributed by atoms with Crippen LogP contribution in [-0.2, 0) is 9.47 Å². The monoisotopic (exact) mass is 655 g/mol. The molecule has 0 saturated carbocycles. The van der Waals surface area contributed by atoms with Gasteiger partial charge in [-0.2, -0.15) is 5.26 Å². The van der Waals surface area contributed by atoms with Crippen molar-refractivity contribution in [2.75, 3.05) is 39.0 Å². The molecule has 0 N–H and O–H groups in total. The van der Waals surface area contributed by atoms with E-state index in [1.54, 1.807) is 17.9 Å². The van der Waals surface area contributed by atoms with E-state index in [9.17, 15) is 10.1 Å². The van der Waals surface area contributed by atoms with E-state index in [0.29, 0.717) is 35.7 Å². The number of carbonyl (C=O) groups is 1. The number of aromatic nitrogens is 2. The number of nitriles is 1. The Morgan fingerprint density at radius 2 is 1.77 bits per heavy atom. The van der Waals surface area contributed by atoms with Crippen LogP contribution in [0, 0.1) is 42.2 Å². The Labute approximate surface area is 277 Å². The molecule has 0 aliphatic carbocycles. The molecule has 0 spiro atoms. The third-order valence-corrected chi connectivity index (χ3v) is 8.69. The van der Waals surface area contributed by atoms with Crippen LogP contribution in [0.2, 0.25) is 0 Å². The third kappa shape index (κ3) is 5.56. The smallest absolute Gasteiger partial charge is 0.410 e. The molecule has 2 saturated heterocycles. The van der Waals surface area contributed by atoms with Gasteiger partial charge < -0.3 is 23.8 Å². The predicted molar refractivity (Wildman–Crippen MR) is 176 cm³/mol. The molecule has 2 aromatic carbocycles. The molecule has 6 rings (SSSR count). The summed E-state index contributed by atoms with van der Waals surface area (Å²) in [6, 6.07) is 7.70. The molecule has 2 aliphatic heterocycles. The maximum Gasteiger partial charge on any atom is 0.410 e. The van der Waals surface area contributed by atoms with Gasteiger partial charge in [-0.05, 0) is 64.1 Å². The van der Waals surface area contributed by atoms with Gasteiger partial charge in [-0.1, -0.05) is 12.0 Å². The van der Waals surface area contributed by atoms with Gasteiger partial charge in [0.05, 0.1) is 41.4 Å². The van der Waals surface area contributed by atoms with Gasteiger partial charge in [-0.15, -0.1) is 6.42 Å². The standard InChI is InChI=1S/C36H35F2N5O5/c1-8-24-27(37)12-9-20-13-23(47-18-45-6)14-25(28(20)24)32-31(38)29-26(15-39)19(2)40-33(30(29)34(41-32)46-7)42-16-21-10-11-22(17-42)43(21)35(44)48-36(3,4)5/h1,9,12-14,21-22H,10-11,16-18H2,2-7H3. The van der Waals surface area contributed by atoms with Crippen molar-refractivity contribution in [1.29, 1.82) is 5.26 Å². The van der Waals surface area contributed by atoms with Crippen molar-refractivity contribution >= 4 is 33.5 Å². The molecule has 4 heterocycles. The quantitative estimate of drug-likeness (QED) is 0.171. The number of terminal acetylenes is 1. The van der Waals surface area contributed by atoms with Crippen molar-refractivity contribution in [2.45, 2.75) is 58.2 Å². The molecule has 10 nitrogen and oxygen atoms in total. The number of piperazine rings is 1. The molecule has 12 heteroatoms. The third-order valence-electron chi connectivity index (χ3n) is 8.69. The Balaban J connectivity index is 1.56. The molecule has 2 unspecified atom stereocenters. The largest absolute Gasteiger partial charge is 0.480 e.